The Bertz CT molecular complexity index is 3050. The van der Waals surface area contributed by atoms with Crippen molar-refractivity contribution in [2.24, 2.45) is 0 Å². The van der Waals surface area contributed by atoms with Crippen LogP contribution in [-0.2, 0) is 10.8 Å². The first-order valence-corrected chi connectivity index (χ1v) is 20.6. The summed E-state index contributed by atoms with van der Waals surface area (Å²) in [6.07, 6.45) is 0. The van der Waals surface area contributed by atoms with Crippen LogP contribution in [0, 0.1) is 0 Å². The van der Waals surface area contributed by atoms with Gasteiger partial charge in [0.1, 0.15) is 0 Å². The van der Waals surface area contributed by atoms with Gasteiger partial charge in [0.25, 0.3) is 0 Å². The van der Waals surface area contributed by atoms with Gasteiger partial charge in [-0.15, -0.1) is 0 Å². The Morgan fingerprint density at radius 2 is 0.627 bits per heavy atom. The van der Waals surface area contributed by atoms with Gasteiger partial charge < -0.3 is 4.90 Å². The molecule has 0 N–H and O–H groups in total. The van der Waals surface area contributed by atoms with Crippen molar-refractivity contribution >= 4 is 38.6 Å². The van der Waals surface area contributed by atoms with Crippen molar-refractivity contribution in [3.8, 4) is 11.1 Å². The van der Waals surface area contributed by atoms with Gasteiger partial charge in [0.2, 0.25) is 0 Å². The molecule has 2 aliphatic carbocycles. The molecule has 0 heterocycles. The minimum absolute atomic E-state index is 0.547. The molecule has 10 aromatic rings. The number of nitrogens with zero attached hydrogens (tertiary/aromatic N) is 1. The van der Waals surface area contributed by atoms with Crippen LogP contribution in [0.2, 0.25) is 0 Å². The second-order valence-corrected chi connectivity index (χ2v) is 15.9. The third-order valence-electron chi connectivity index (χ3n) is 13.2. The van der Waals surface area contributed by atoms with Crippen molar-refractivity contribution in [3.63, 3.8) is 0 Å². The lowest BCUT2D eigenvalue weighted by atomic mass is 9.51. The molecule has 10 aromatic carbocycles. The molecule has 0 bridgehead atoms. The van der Waals surface area contributed by atoms with Gasteiger partial charge in [0.15, 0.2) is 0 Å². The molecule has 1 nitrogen and oxygen atoms in total. The van der Waals surface area contributed by atoms with Crippen molar-refractivity contribution in [1.82, 2.24) is 0 Å². The molecular weight excluding hydrogens is 711 g/mol. The highest BCUT2D eigenvalue weighted by Gasteiger charge is 2.57. The Labute approximate surface area is 345 Å². The van der Waals surface area contributed by atoms with E-state index in [0.717, 1.165) is 17.1 Å². The fourth-order valence-corrected chi connectivity index (χ4v) is 11.0. The van der Waals surface area contributed by atoms with E-state index in [-0.39, 0.29) is 0 Å². The zero-order chi connectivity index (χ0) is 39.0. The fraction of sp³-hybridized carbons (Fsp3) is 0.0345. The maximum absolute atomic E-state index is 2.54. The van der Waals surface area contributed by atoms with E-state index in [4.69, 9.17) is 0 Å². The molecule has 1 spiro atoms. The Balaban J connectivity index is 1.23. The largest absolute Gasteiger partial charge is 0.309 e. The van der Waals surface area contributed by atoms with Crippen molar-refractivity contribution in [2.75, 3.05) is 4.90 Å². The zero-order valence-electron chi connectivity index (χ0n) is 32.5. The third-order valence-corrected chi connectivity index (χ3v) is 13.2. The maximum Gasteiger partial charge on any atom is 0.0720 e. The van der Waals surface area contributed by atoms with Gasteiger partial charge in [0, 0.05) is 16.3 Å². The summed E-state index contributed by atoms with van der Waals surface area (Å²) in [7, 11) is 0. The highest BCUT2D eigenvalue weighted by Crippen LogP contribution is 2.66. The van der Waals surface area contributed by atoms with Crippen LogP contribution in [0.4, 0.5) is 17.1 Å². The summed E-state index contributed by atoms with van der Waals surface area (Å²) in [5.41, 5.74) is 15.3. The van der Waals surface area contributed by atoms with Crippen molar-refractivity contribution in [2.45, 2.75) is 10.8 Å². The molecule has 2 aliphatic rings. The summed E-state index contributed by atoms with van der Waals surface area (Å²) in [5.74, 6) is 0. The predicted octanol–water partition coefficient (Wildman–Crippen LogP) is 14.5. The summed E-state index contributed by atoms with van der Waals surface area (Å²) >= 11 is 0. The highest BCUT2D eigenvalue weighted by molar-refractivity contribution is 6.08. The topological polar surface area (TPSA) is 3.24 Å². The molecular formula is C58H39N. The standard InChI is InChI=1S/C58H39N/c1-3-24-42(25-4-1)57(43-26-5-2-6-27-43)48-32-13-15-34-50(48)58(51-35-16-14-33-49(51)57)47-31-12-11-30-46(47)56-52(58)36-19-39-55(56)59(53-37-17-22-40-20-7-9-28-44(40)53)54-38-18-23-41-21-8-10-29-45(41)54/h1-39H. The van der Waals surface area contributed by atoms with E-state index in [0.29, 0.717) is 0 Å². The Morgan fingerprint density at radius 1 is 0.254 bits per heavy atom. The quantitative estimate of drug-likeness (QED) is 0.169. The van der Waals surface area contributed by atoms with Gasteiger partial charge in [-0.2, -0.15) is 0 Å². The van der Waals surface area contributed by atoms with E-state index in [9.17, 15) is 0 Å². The molecule has 0 radical (unpaired) electrons. The minimum atomic E-state index is -0.592. The second-order valence-electron chi connectivity index (χ2n) is 15.9. The van der Waals surface area contributed by atoms with Crippen molar-refractivity contribution < 1.29 is 0 Å². The van der Waals surface area contributed by atoms with E-state index in [1.807, 2.05) is 0 Å². The second kappa shape index (κ2) is 13.0. The summed E-state index contributed by atoms with van der Waals surface area (Å²) < 4.78 is 0. The number of hydrogen-bond donors (Lipinski definition) is 0. The first-order valence-electron chi connectivity index (χ1n) is 20.6. The van der Waals surface area contributed by atoms with Crippen LogP contribution in [0.15, 0.2) is 237 Å². The number of anilines is 3. The van der Waals surface area contributed by atoms with Crippen molar-refractivity contribution in [3.05, 3.63) is 281 Å². The Hall–Kier alpha value is -7.48. The van der Waals surface area contributed by atoms with E-state index in [1.54, 1.807) is 0 Å². The highest BCUT2D eigenvalue weighted by atomic mass is 15.1. The predicted molar refractivity (Wildman–Crippen MR) is 245 cm³/mol. The maximum atomic E-state index is 2.54. The molecule has 276 valence electrons. The van der Waals surface area contributed by atoms with Crippen LogP contribution in [-0.4, -0.2) is 0 Å². The van der Waals surface area contributed by atoms with Gasteiger partial charge in [-0.05, 0) is 79.0 Å². The molecule has 0 fully saturated rings. The molecule has 0 saturated carbocycles. The Kier molecular flexibility index (Phi) is 7.43. The minimum Gasteiger partial charge on any atom is -0.309 e. The average Bonchev–Trinajstić information content (AvgIpc) is 3.61. The first-order chi connectivity index (χ1) is 29.3. The SMILES string of the molecule is c1ccc(C2(c3ccccc3)c3ccccc3C3(c4ccccc4-c4c(N(c5cccc6ccccc56)c5cccc6ccccc56)cccc43)c3ccccc32)cc1. The number of benzene rings is 10. The monoisotopic (exact) mass is 749 g/mol. The number of hydrogen-bond acceptors (Lipinski definition) is 1. The molecule has 1 heteroatoms. The van der Waals surface area contributed by atoms with Crippen molar-refractivity contribution in [1.29, 1.82) is 0 Å². The molecule has 12 rings (SSSR count). The molecule has 0 saturated heterocycles. The van der Waals surface area contributed by atoms with Gasteiger partial charge in [-0.1, -0.05) is 218 Å². The summed E-state index contributed by atoms with van der Waals surface area (Å²) in [6.45, 7) is 0. The summed E-state index contributed by atoms with van der Waals surface area (Å²) in [4.78, 5) is 2.54. The molecule has 0 aromatic heterocycles. The molecule has 59 heavy (non-hydrogen) atoms. The molecule has 0 atom stereocenters. The van der Waals surface area contributed by atoms with E-state index in [1.165, 1.54) is 77.2 Å². The summed E-state index contributed by atoms with van der Waals surface area (Å²) in [5, 5.41) is 4.86. The van der Waals surface area contributed by atoms with E-state index in [2.05, 4.69) is 241 Å². The first kappa shape index (κ1) is 33.6. The van der Waals surface area contributed by atoms with Gasteiger partial charge in [-0.3, -0.25) is 0 Å². The van der Waals surface area contributed by atoms with Crippen LogP contribution < -0.4 is 4.90 Å². The Morgan fingerprint density at radius 3 is 1.17 bits per heavy atom. The fourth-order valence-electron chi connectivity index (χ4n) is 11.0. The van der Waals surface area contributed by atoms with Gasteiger partial charge in [-0.25, -0.2) is 0 Å². The smallest absolute Gasteiger partial charge is 0.0720 e. The van der Waals surface area contributed by atoms with Crippen LogP contribution in [0.3, 0.4) is 0 Å². The number of rotatable bonds is 5. The van der Waals surface area contributed by atoms with Crippen LogP contribution >= 0.6 is 0 Å². The van der Waals surface area contributed by atoms with E-state index < -0.39 is 10.8 Å². The normalized spacial score (nSPS) is 14.0. The third kappa shape index (κ3) is 4.56. The van der Waals surface area contributed by atoms with Crippen LogP contribution in [0.1, 0.15) is 44.5 Å². The number of fused-ring (bicyclic) bond motifs is 11. The lowest BCUT2D eigenvalue weighted by Crippen LogP contribution is -2.44. The lowest BCUT2D eigenvalue weighted by molar-refractivity contribution is 0.623. The summed E-state index contributed by atoms with van der Waals surface area (Å²) in [6, 6.07) is 88.2. The van der Waals surface area contributed by atoms with Crippen LogP contribution in [0.5, 0.6) is 0 Å². The average molecular weight is 750 g/mol. The van der Waals surface area contributed by atoms with E-state index >= 15 is 0 Å². The van der Waals surface area contributed by atoms with Gasteiger partial charge in [0.05, 0.1) is 27.9 Å². The lowest BCUT2D eigenvalue weighted by Gasteiger charge is -2.50. The molecule has 0 unspecified atom stereocenters. The zero-order valence-corrected chi connectivity index (χ0v) is 32.5. The molecule has 0 aliphatic heterocycles. The van der Waals surface area contributed by atoms with Gasteiger partial charge >= 0.3 is 0 Å². The van der Waals surface area contributed by atoms with Crippen LogP contribution in [0.25, 0.3) is 32.7 Å². The molecule has 0 amide bonds.